The molecule has 2 saturated heterocycles. The molecule has 2 aliphatic heterocycles. The minimum Gasteiger partial charge on any atom is -0.475 e. The van der Waals surface area contributed by atoms with E-state index in [-0.39, 0.29) is 12.2 Å². The molecule has 0 unspecified atom stereocenters. The van der Waals surface area contributed by atoms with Gasteiger partial charge in [0.05, 0.1) is 11.8 Å². The zero-order chi connectivity index (χ0) is 27.1. The number of halogens is 6. The quantitative estimate of drug-likeness (QED) is 0.569. The summed E-state index contributed by atoms with van der Waals surface area (Å²) < 4.78 is 75.0. The summed E-state index contributed by atoms with van der Waals surface area (Å²) in [5.41, 5.74) is 1.12. The second-order valence-electron chi connectivity index (χ2n) is 7.67. The maximum absolute atomic E-state index is 10.6. The van der Waals surface area contributed by atoms with Gasteiger partial charge in [-0.15, -0.1) is 0 Å². The lowest BCUT2D eigenvalue weighted by atomic mass is 9.99. The van der Waals surface area contributed by atoms with E-state index in [1.165, 1.54) is 0 Å². The number of rotatable bonds is 3. The van der Waals surface area contributed by atoms with Gasteiger partial charge in [-0.05, 0) is 38.3 Å². The number of hydrogen-bond acceptors (Lipinski definition) is 8. The monoisotopic (exact) mass is 528 g/mol. The van der Waals surface area contributed by atoms with Crippen LogP contribution in [0, 0.1) is 6.92 Å². The fraction of sp³-hybridized carbons (Fsp3) is 0.550. The molecule has 2 aliphatic rings. The molecule has 3 atom stereocenters. The first-order valence-corrected chi connectivity index (χ1v) is 10.4. The molecule has 2 aromatic rings. The van der Waals surface area contributed by atoms with Crippen LogP contribution in [0.1, 0.15) is 42.8 Å². The van der Waals surface area contributed by atoms with Crippen molar-refractivity contribution in [1.29, 1.82) is 0 Å². The second kappa shape index (κ2) is 12.1. The summed E-state index contributed by atoms with van der Waals surface area (Å²) in [7, 11) is 0. The number of nitrogens with zero attached hydrogens (tertiary/aromatic N) is 4. The number of ether oxygens (including phenoxy) is 1. The van der Waals surface area contributed by atoms with Gasteiger partial charge in [-0.3, -0.25) is 9.88 Å². The van der Waals surface area contributed by atoms with Crippen LogP contribution in [0.3, 0.4) is 0 Å². The summed E-state index contributed by atoms with van der Waals surface area (Å²) in [4.78, 5) is 29.0. The molecular weight excluding hydrogens is 506 g/mol. The Bertz CT molecular complexity index is 977. The molecule has 0 saturated carbocycles. The topological polar surface area (TPSA) is 139 Å². The summed E-state index contributed by atoms with van der Waals surface area (Å²) >= 11 is 0. The van der Waals surface area contributed by atoms with Crippen molar-refractivity contribution in [2.75, 3.05) is 6.54 Å². The molecule has 10 nitrogen and oxygen atoms in total. The molecule has 4 rings (SSSR count). The number of aliphatic carboxylic acids is 2. The van der Waals surface area contributed by atoms with Crippen molar-refractivity contribution in [2.24, 2.45) is 0 Å². The second-order valence-corrected chi connectivity index (χ2v) is 7.67. The molecule has 2 N–H and O–H groups in total. The number of carbonyl (C=O) groups is 2. The largest absolute Gasteiger partial charge is 0.490 e. The smallest absolute Gasteiger partial charge is 0.475 e. The normalized spacial score (nSPS) is 21.9. The van der Waals surface area contributed by atoms with Crippen molar-refractivity contribution in [3.05, 3.63) is 41.8 Å². The summed E-state index contributed by atoms with van der Waals surface area (Å²) in [6.07, 6.45) is -5.01. The van der Waals surface area contributed by atoms with Crippen molar-refractivity contribution in [3.8, 4) is 0 Å². The summed E-state index contributed by atoms with van der Waals surface area (Å²) in [6.45, 7) is 3.79. The first-order valence-electron chi connectivity index (χ1n) is 10.4. The molecule has 4 heterocycles. The predicted octanol–water partition coefficient (Wildman–Crippen LogP) is 3.53. The van der Waals surface area contributed by atoms with Crippen LogP contribution in [0.15, 0.2) is 28.9 Å². The van der Waals surface area contributed by atoms with Crippen molar-refractivity contribution in [3.63, 3.8) is 0 Å². The lowest BCUT2D eigenvalue weighted by molar-refractivity contribution is -0.193. The number of carboxylic acids is 2. The van der Waals surface area contributed by atoms with Crippen molar-refractivity contribution in [1.82, 2.24) is 20.0 Å². The summed E-state index contributed by atoms with van der Waals surface area (Å²) in [5.74, 6) is -4.22. The standard InChI is InChI=1S/C16H20N4O2.2C2HF3O2/c1-11-18-16(22-19-11)15-6-5-13-14(21-15)7-9-20(13)10-12-4-2-3-8-17-12;2*3-2(4,5)1(6)7/h2-4,8,13-15H,5-7,9-10H2,1H3;2*(H,6,7)/t13-,14-,15-;;/m1../s1. The van der Waals surface area contributed by atoms with Crippen LogP contribution in [0.4, 0.5) is 26.3 Å². The fourth-order valence-corrected chi connectivity index (χ4v) is 3.54. The minimum atomic E-state index is -5.08. The first kappa shape index (κ1) is 29.0. The number of likely N-dealkylation sites (tertiary alicyclic amines) is 1. The van der Waals surface area contributed by atoms with E-state index in [4.69, 9.17) is 29.1 Å². The minimum absolute atomic E-state index is 0.0442. The number of fused-ring (bicyclic) bond motifs is 1. The van der Waals surface area contributed by atoms with Crippen LogP contribution in [-0.4, -0.2) is 73.2 Å². The number of aryl methyl sites for hydroxylation is 1. The molecule has 0 radical (unpaired) electrons. The van der Waals surface area contributed by atoms with E-state index in [1.807, 2.05) is 25.3 Å². The highest BCUT2D eigenvalue weighted by atomic mass is 19.4. The third kappa shape index (κ3) is 8.75. The highest BCUT2D eigenvalue weighted by Crippen LogP contribution is 2.37. The lowest BCUT2D eigenvalue weighted by Gasteiger charge is -2.34. The Labute approximate surface area is 199 Å². The zero-order valence-corrected chi connectivity index (χ0v) is 18.7. The van der Waals surface area contributed by atoms with E-state index >= 15 is 0 Å². The van der Waals surface area contributed by atoms with Crippen LogP contribution in [0.5, 0.6) is 0 Å². The van der Waals surface area contributed by atoms with Crippen LogP contribution in [0.2, 0.25) is 0 Å². The van der Waals surface area contributed by atoms with Gasteiger partial charge in [0.1, 0.15) is 6.10 Å². The lowest BCUT2D eigenvalue weighted by Crippen LogP contribution is -2.40. The summed E-state index contributed by atoms with van der Waals surface area (Å²) in [5, 5.41) is 18.1. The average Bonchev–Trinajstić information content (AvgIpc) is 3.40. The predicted molar refractivity (Wildman–Crippen MR) is 106 cm³/mol. The average molecular weight is 528 g/mol. The van der Waals surface area contributed by atoms with Gasteiger partial charge < -0.3 is 19.5 Å². The van der Waals surface area contributed by atoms with E-state index in [0.29, 0.717) is 17.8 Å². The van der Waals surface area contributed by atoms with E-state index in [1.54, 1.807) is 0 Å². The molecule has 200 valence electrons. The van der Waals surface area contributed by atoms with Gasteiger partial charge in [0, 0.05) is 25.3 Å². The Morgan fingerprint density at radius 1 is 1.06 bits per heavy atom. The molecule has 0 amide bonds. The van der Waals surface area contributed by atoms with Crippen molar-refractivity contribution in [2.45, 2.75) is 63.3 Å². The van der Waals surface area contributed by atoms with Crippen molar-refractivity contribution >= 4 is 11.9 Å². The third-order valence-electron chi connectivity index (χ3n) is 5.06. The Hall–Kier alpha value is -3.27. The van der Waals surface area contributed by atoms with E-state index in [2.05, 4.69) is 26.1 Å². The first-order chi connectivity index (χ1) is 16.7. The van der Waals surface area contributed by atoms with Crippen molar-refractivity contribution < 1.29 is 55.4 Å². The molecule has 0 aliphatic carbocycles. The Balaban J connectivity index is 0.000000271. The number of pyridine rings is 1. The molecule has 0 bridgehead atoms. The zero-order valence-electron chi connectivity index (χ0n) is 18.7. The summed E-state index contributed by atoms with van der Waals surface area (Å²) in [6, 6.07) is 6.56. The molecule has 2 fully saturated rings. The van der Waals surface area contributed by atoms with Crippen LogP contribution in [-0.2, 0) is 20.9 Å². The Kier molecular flexibility index (Phi) is 9.75. The van der Waals surface area contributed by atoms with Crippen LogP contribution >= 0.6 is 0 Å². The van der Waals surface area contributed by atoms with E-state index in [0.717, 1.165) is 38.0 Å². The maximum atomic E-state index is 10.6. The van der Waals surface area contributed by atoms with Crippen LogP contribution < -0.4 is 0 Å². The SMILES string of the molecule is Cc1noc([C@H]2CC[C@@H]3[C@@H](CCN3Cc3ccccn3)O2)n1.O=C(O)C(F)(F)F.O=C(O)C(F)(F)F. The van der Waals surface area contributed by atoms with Gasteiger partial charge in [-0.1, -0.05) is 11.2 Å². The molecule has 2 aromatic heterocycles. The van der Waals surface area contributed by atoms with Gasteiger partial charge in [-0.2, -0.15) is 31.3 Å². The van der Waals surface area contributed by atoms with E-state index in [9.17, 15) is 26.3 Å². The number of aromatic nitrogens is 3. The van der Waals surface area contributed by atoms with Gasteiger partial charge in [-0.25, -0.2) is 9.59 Å². The van der Waals surface area contributed by atoms with Gasteiger partial charge in [0.15, 0.2) is 5.82 Å². The van der Waals surface area contributed by atoms with Crippen LogP contribution in [0.25, 0.3) is 0 Å². The fourth-order valence-electron chi connectivity index (χ4n) is 3.54. The highest BCUT2D eigenvalue weighted by molar-refractivity contribution is 5.73. The molecular formula is C20H22F6N4O6. The Morgan fingerprint density at radius 2 is 1.67 bits per heavy atom. The number of carboxylic acid groups (broad SMARTS) is 2. The van der Waals surface area contributed by atoms with E-state index < -0.39 is 24.3 Å². The van der Waals surface area contributed by atoms with Gasteiger partial charge in [0.25, 0.3) is 5.89 Å². The number of hydrogen-bond donors (Lipinski definition) is 2. The number of alkyl halides is 6. The molecule has 16 heteroatoms. The highest BCUT2D eigenvalue weighted by Gasteiger charge is 2.41. The molecule has 0 spiro atoms. The van der Waals surface area contributed by atoms with Gasteiger partial charge in [0.2, 0.25) is 0 Å². The molecule has 36 heavy (non-hydrogen) atoms. The maximum Gasteiger partial charge on any atom is 0.490 e. The Morgan fingerprint density at radius 3 is 2.14 bits per heavy atom. The third-order valence-corrected chi connectivity index (χ3v) is 5.06. The van der Waals surface area contributed by atoms with Gasteiger partial charge >= 0.3 is 24.3 Å². The molecule has 0 aromatic carbocycles.